The third kappa shape index (κ3) is 3.63. The quantitative estimate of drug-likeness (QED) is 0.888. The number of carbonyl (C=O) groups is 1. The van der Waals surface area contributed by atoms with Gasteiger partial charge in [0.25, 0.3) is 5.91 Å². The summed E-state index contributed by atoms with van der Waals surface area (Å²) in [5.41, 5.74) is 2.26. The van der Waals surface area contributed by atoms with E-state index in [0.717, 1.165) is 38.0 Å². The summed E-state index contributed by atoms with van der Waals surface area (Å²) in [6, 6.07) is 8.09. The zero-order valence-corrected chi connectivity index (χ0v) is 12.4. The van der Waals surface area contributed by atoms with Crippen molar-refractivity contribution < 1.29 is 9.53 Å². The Morgan fingerprint density at radius 2 is 2.29 bits per heavy atom. The lowest BCUT2D eigenvalue weighted by atomic mass is 9.95. The van der Waals surface area contributed by atoms with Crippen molar-refractivity contribution >= 4 is 5.91 Å². The van der Waals surface area contributed by atoms with Crippen LogP contribution in [0.1, 0.15) is 36.5 Å². The van der Waals surface area contributed by atoms with Gasteiger partial charge in [-0.15, -0.1) is 0 Å². The van der Waals surface area contributed by atoms with E-state index in [1.807, 2.05) is 18.2 Å². The first-order chi connectivity index (χ1) is 10.3. The van der Waals surface area contributed by atoms with Gasteiger partial charge in [0, 0.05) is 6.54 Å². The number of amides is 1. The fourth-order valence-electron chi connectivity index (χ4n) is 3.27. The lowest BCUT2D eigenvalue weighted by molar-refractivity contribution is -0.134. The molecule has 0 radical (unpaired) electrons. The van der Waals surface area contributed by atoms with E-state index in [1.54, 1.807) is 0 Å². The number of ether oxygens (including phenoxy) is 1. The second-order valence-electron chi connectivity index (χ2n) is 5.99. The summed E-state index contributed by atoms with van der Waals surface area (Å²) in [5, 5.41) is 6.46. The molecule has 2 N–H and O–H groups in total. The molecule has 4 heteroatoms. The highest BCUT2D eigenvalue weighted by Gasteiger charge is 2.26. The van der Waals surface area contributed by atoms with E-state index in [0.29, 0.717) is 12.5 Å². The van der Waals surface area contributed by atoms with Gasteiger partial charge in [0.1, 0.15) is 0 Å². The van der Waals surface area contributed by atoms with Crippen molar-refractivity contribution in [2.24, 2.45) is 5.92 Å². The maximum absolute atomic E-state index is 12.4. The fraction of sp³-hybridized carbons (Fsp3) is 0.588. The minimum Gasteiger partial charge on any atom is -0.363 e. The molecule has 0 aromatic heterocycles. The van der Waals surface area contributed by atoms with Crippen LogP contribution < -0.4 is 10.6 Å². The Balaban J connectivity index is 1.51. The molecule has 0 bridgehead atoms. The zero-order valence-electron chi connectivity index (χ0n) is 12.4. The molecule has 114 valence electrons. The maximum atomic E-state index is 12.4. The van der Waals surface area contributed by atoms with Gasteiger partial charge in [-0.05, 0) is 55.8 Å². The van der Waals surface area contributed by atoms with Crippen LogP contribution in [0, 0.1) is 5.92 Å². The van der Waals surface area contributed by atoms with Crippen LogP contribution in [0.2, 0.25) is 0 Å². The minimum absolute atomic E-state index is 0.00548. The van der Waals surface area contributed by atoms with Crippen LogP contribution in [0.25, 0.3) is 0 Å². The molecule has 2 aliphatic rings. The van der Waals surface area contributed by atoms with Crippen molar-refractivity contribution in [2.45, 2.75) is 31.8 Å². The largest absolute Gasteiger partial charge is 0.363 e. The summed E-state index contributed by atoms with van der Waals surface area (Å²) in [4.78, 5) is 12.4. The third-order valence-corrected chi connectivity index (χ3v) is 4.48. The second-order valence-corrected chi connectivity index (χ2v) is 5.99. The highest BCUT2D eigenvalue weighted by molar-refractivity contribution is 5.82. The lowest BCUT2D eigenvalue weighted by Crippen LogP contribution is -2.36. The lowest BCUT2D eigenvalue weighted by Gasteiger charge is -2.26. The third-order valence-electron chi connectivity index (χ3n) is 4.48. The number of rotatable bonds is 4. The summed E-state index contributed by atoms with van der Waals surface area (Å²) >= 11 is 0. The standard InChI is InChI=1S/C17H24N2O2/c20-17(19-10-7-13-4-3-9-18-12-13)16-15-6-2-1-5-14(15)8-11-21-16/h1-2,5-6,13,16,18H,3-4,7-12H2,(H,19,20). The van der Waals surface area contributed by atoms with Gasteiger partial charge in [-0.25, -0.2) is 0 Å². The summed E-state index contributed by atoms with van der Waals surface area (Å²) < 4.78 is 5.68. The smallest absolute Gasteiger partial charge is 0.253 e. The van der Waals surface area contributed by atoms with Crippen LogP contribution in [0.5, 0.6) is 0 Å². The first-order valence-corrected chi connectivity index (χ1v) is 8.02. The molecule has 3 rings (SSSR count). The molecule has 0 spiro atoms. The van der Waals surface area contributed by atoms with E-state index in [2.05, 4.69) is 16.7 Å². The van der Waals surface area contributed by atoms with Crippen LogP contribution >= 0.6 is 0 Å². The highest BCUT2D eigenvalue weighted by Crippen LogP contribution is 2.27. The zero-order chi connectivity index (χ0) is 14.5. The van der Waals surface area contributed by atoms with Crippen LogP contribution in [0.15, 0.2) is 24.3 Å². The van der Waals surface area contributed by atoms with Crippen molar-refractivity contribution in [1.82, 2.24) is 10.6 Å². The van der Waals surface area contributed by atoms with E-state index in [4.69, 9.17) is 4.74 Å². The number of piperidine rings is 1. The van der Waals surface area contributed by atoms with Gasteiger partial charge in [0.05, 0.1) is 6.61 Å². The van der Waals surface area contributed by atoms with Gasteiger partial charge < -0.3 is 15.4 Å². The molecule has 21 heavy (non-hydrogen) atoms. The second kappa shape index (κ2) is 7.05. The van der Waals surface area contributed by atoms with Gasteiger partial charge in [-0.2, -0.15) is 0 Å². The van der Waals surface area contributed by atoms with Gasteiger partial charge in [-0.1, -0.05) is 24.3 Å². The van der Waals surface area contributed by atoms with Gasteiger partial charge >= 0.3 is 0 Å². The maximum Gasteiger partial charge on any atom is 0.253 e. The fourth-order valence-corrected chi connectivity index (χ4v) is 3.27. The number of fused-ring (bicyclic) bond motifs is 1. The van der Waals surface area contributed by atoms with Crippen LogP contribution in [-0.4, -0.2) is 32.1 Å². The Kier molecular flexibility index (Phi) is 4.88. The summed E-state index contributed by atoms with van der Waals surface area (Å²) in [5.74, 6) is 0.699. The molecule has 2 atom stereocenters. The molecule has 4 nitrogen and oxygen atoms in total. The van der Waals surface area contributed by atoms with Crippen molar-refractivity contribution in [3.05, 3.63) is 35.4 Å². The molecule has 0 aliphatic carbocycles. The van der Waals surface area contributed by atoms with Crippen LogP contribution in [-0.2, 0) is 16.0 Å². The van der Waals surface area contributed by atoms with Gasteiger partial charge in [-0.3, -0.25) is 4.79 Å². The predicted octanol–water partition coefficient (Wildman–Crippen LogP) is 1.81. The van der Waals surface area contributed by atoms with Crippen molar-refractivity contribution in [2.75, 3.05) is 26.2 Å². The molecule has 1 aromatic carbocycles. The Bertz CT molecular complexity index is 483. The van der Waals surface area contributed by atoms with Gasteiger partial charge in [0.15, 0.2) is 6.10 Å². The Morgan fingerprint density at radius 1 is 1.38 bits per heavy atom. The topological polar surface area (TPSA) is 50.4 Å². The van der Waals surface area contributed by atoms with Crippen molar-refractivity contribution in [3.8, 4) is 0 Å². The molecule has 2 heterocycles. The molecular formula is C17H24N2O2. The van der Waals surface area contributed by atoms with E-state index in [1.165, 1.54) is 18.4 Å². The average molecular weight is 288 g/mol. The molecular weight excluding hydrogens is 264 g/mol. The summed E-state index contributed by atoms with van der Waals surface area (Å²) in [6.45, 7) is 3.59. The molecule has 2 unspecified atom stereocenters. The van der Waals surface area contributed by atoms with Crippen LogP contribution in [0.3, 0.4) is 0 Å². The molecule has 1 saturated heterocycles. The Hall–Kier alpha value is -1.39. The number of benzene rings is 1. The minimum atomic E-state index is -0.431. The normalized spacial score (nSPS) is 25.1. The van der Waals surface area contributed by atoms with Crippen molar-refractivity contribution in [3.63, 3.8) is 0 Å². The highest BCUT2D eigenvalue weighted by atomic mass is 16.5. The number of hydrogen-bond acceptors (Lipinski definition) is 3. The Morgan fingerprint density at radius 3 is 3.14 bits per heavy atom. The molecule has 1 aromatic rings. The number of hydrogen-bond donors (Lipinski definition) is 2. The molecule has 1 amide bonds. The monoisotopic (exact) mass is 288 g/mol. The van der Waals surface area contributed by atoms with E-state index >= 15 is 0 Å². The van der Waals surface area contributed by atoms with Crippen LogP contribution in [0.4, 0.5) is 0 Å². The van der Waals surface area contributed by atoms with Crippen molar-refractivity contribution in [1.29, 1.82) is 0 Å². The summed E-state index contributed by atoms with van der Waals surface area (Å²) in [7, 11) is 0. The van der Waals surface area contributed by atoms with Gasteiger partial charge in [0.2, 0.25) is 0 Å². The number of carbonyl (C=O) groups excluding carboxylic acids is 1. The number of nitrogens with one attached hydrogen (secondary N) is 2. The Labute approximate surface area is 126 Å². The molecule has 2 aliphatic heterocycles. The summed E-state index contributed by atoms with van der Waals surface area (Å²) in [6.07, 6.45) is 4.03. The molecule has 0 saturated carbocycles. The van der Waals surface area contributed by atoms with E-state index in [-0.39, 0.29) is 5.91 Å². The van der Waals surface area contributed by atoms with E-state index < -0.39 is 6.10 Å². The first-order valence-electron chi connectivity index (χ1n) is 8.02. The van der Waals surface area contributed by atoms with E-state index in [9.17, 15) is 4.79 Å². The SMILES string of the molecule is O=C(NCCC1CCCNC1)C1OCCc2ccccc21. The molecule has 1 fully saturated rings. The first kappa shape index (κ1) is 14.5. The predicted molar refractivity (Wildman–Crippen MR) is 82.1 cm³/mol. The average Bonchev–Trinajstić information content (AvgIpc) is 2.55.